The molecule has 0 spiro atoms. The van der Waals surface area contributed by atoms with Gasteiger partial charge in [-0.3, -0.25) is 9.59 Å². The first kappa shape index (κ1) is 14.7. The summed E-state index contributed by atoms with van der Waals surface area (Å²) in [5, 5.41) is 12.5. The van der Waals surface area contributed by atoms with Crippen molar-refractivity contribution in [1.82, 2.24) is 4.90 Å². The molecule has 3 heterocycles. The summed E-state index contributed by atoms with van der Waals surface area (Å²) in [6, 6.07) is 7.81. The van der Waals surface area contributed by atoms with E-state index in [0.717, 1.165) is 10.1 Å². The Morgan fingerprint density at radius 3 is 2.96 bits per heavy atom. The molecule has 1 aromatic heterocycles. The summed E-state index contributed by atoms with van der Waals surface area (Å²) in [6.45, 7) is 1.60. The van der Waals surface area contributed by atoms with Crippen LogP contribution in [0.3, 0.4) is 0 Å². The molecule has 2 aliphatic rings. The number of hydrogen-bond donors (Lipinski definition) is 1. The first-order valence-electron chi connectivity index (χ1n) is 7.68. The molecule has 1 amide bonds. The van der Waals surface area contributed by atoms with Gasteiger partial charge >= 0.3 is 5.97 Å². The summed E-state index contributed by atoms with van der Waals surface area (Å²) in [7, 11) is 0. The van der Waals surface area contributed by atoms with Gasteiger partial charge < -0.3 is 14.7 Å². The van der Waals surface area contributed by atoms with E-state index in [1.165, 1.54) is 0 Å². The van der Waals surface area contributed by atoms with Crippen LogP contribution in [0, 0.1) is 11.3 Å². The number of ether oxygens (including phenoxy) is 1. The number of benzene rings is 1. The molecule has 1 N–H and O–H groups in total. The molecule has 1 aromatic carbocycles. The van der Waals surface area contributed by atoms with Gasteiger partial charge in [-0.1, -0.05) is 18.2 Å². The van der Waals surface area contributed by atoms with Gasteiger partial charge in [0.15, 0.2) is 0 Å². The fourth-order valence-electron chi connectivity index (χ4n) is 3.77. The summed E-state index contributed by atoms with van der Waals surface area (Å²) in [4.78, 5) is 26.5. The van der Waals surface area contributed by atoms with E-state index in [2.05, 4.69) is 0 Å². The number of amides is 1. The van der Waals surface area contributed by atoms with E-state index in [0.29, 0.717) is 31.7 Å². The third kappa shape index (κ3) is 2.16. The van der Waals surface area contributed by atoms with E-state index in [1.807, 2.05) is 29.6 Å². The number of fused-ring (bicyclic) bond motifs is 2. The zero-order valence-corrected chi connectivity index (χ0v) is 13.3. The fraction of sp³-hybridized carbons (Fsp3) is 0.412. The van der Waals surface area contributed by atoms with Crippen molar-refractivity contribution in [3.8, 4) is 0 Å². The smallest absolute Gasteiger partial charge is 0.311 e. The maximum absolute atomic E-state index is 12.9. The van der Waals surface area contributed by atoms with Crippen LogP contribution < -0.4 is 0 Å². The highest BCUT2D eigenvalue weighted by Gasteiger charge is 2.55. The molecule has 0 aliphatic carbocycles. The minimum atomic E-state index is -0.847. The predicted molar refractivity (Wildman–Crippen MR) is 86.7 cm³/mol. The molecule has 2 aromatic rings. The largest absolute Gasteiger partial charge is 0.481 e. The SMILES string of the molecule is O=C(c1csc2ccccc12)N1C[C@@H]2COCC[C@]2(C(=O)O)C1. The third-order valence-electron chi connectivity index (χ3n) is 5.13. The highest BCUT2D eigenvalue weighted by molar-refractivity contribution is 7.17. The average Bonchev–Trinajstić information content (AvgIpc) is 3.16. The number of thiophene rings is 1. The molecule has 5 nitrogen and oxygen atoms in total. The Bertz CT molecular complexity index is 786. The molecule has 0 unspecified atom stereocenters. The summed E-state index contributed by atoms with van der Waals surface area (Å²) < 4.78 is 6.52. The lowest BCUT2D eigenvalue weighted by Crippen LogP contribution is -2.45. The van der Waals surface area contributed by atoms with Crippen LogP contribution in [0.2, 0.25) is 0 Å². The van der Waals surface area contributed by atoms with Crippen molar-refractivity contribution < 1.29 is 19.4 Å². The van der Waals surface area contributed by atoms with Crippen LogP contribution in [0.15, 0.2) is 29.6 Å². The Balaban J connectivity index is 1.66. The summed E-state index contributed by atoms with van der Waals surface area (Å²) >= 11 is 1.54. The van der Waals surface area contributed by atoms with Gasteiger partial charge in [-0.15, -0.1) is 11.3 Å². The number of aliphatic carboxylic acids is 1. The van der Waals surface area contributed by atoms with Gasteiger partial charge in [0.2, 0.25) is 0 Å². The molecule has 0 bridgehead atoms. The van der Waals surface area contributed by atoms with Crippen molar-refractivity contribution in [2.24, 2.45) is 11.3 Å². The maximum Gasteiger partial charge on any atom is 0.311 e. The van der Waals surface area contributed by atoms with Gasteiger partial charge in [-0.25, -0.2) is 0 Å². The molecule has 0 radical (unpaired) electrons. The summed E-state index contributed by atoms with van der Waals surface area (Å²) in [5.41, 5.74) is -0.176. The van der Waals surface area contributed by atoms with Crippen molar-refractivity contribution in [3.63, 3.8) is 0 Å². The number of carbonyl (C=O) groups is 2. The highest BCUT2D eigenvalue weighted by Crippen LogP contribution is 2.43. The number of carbonyl (C=O) groups excluding carboxylic acids is 1. The van der Waals surface area contributed by atoms with Gasteiger partial charge in [0.05, 0.1) is 17.6 Å². The van der Waals surface area contributed by atoms with Gasteiger partial charge in [-0.05, 0) is 12.5 Å². The fourth-order valence-corrected chi connectivity index (χ4v) is 4.70. The predicted octanol–water partition coefficient (Wildman–Crippen LogP) is 2.46. The minimum absolute atomic E-state index is 0.0718. The van der Waals surface area contributed by atoms with Gasteiger partial charge in [-0.2, -0.15) is 0 Å². The van der Waals surface area contributed by atoms with Gasteiger partial charge in [0, 0.05) is 41.1 Å². The number of nitrogens with zero attached hydrogens (tertiary/aromatic N) is 1. The van der Waals surface area contributed by atoms with Gasteiger partial charge in [0.25, 0.3) is 5.91 Å². The van der Waals surface area contributed by atoms with E-state index in [9.17, 15) is 14.7 Å². The lowest BCUT2D eigenvalue weighted by molar-refractivity contribution is -0.157. The van der Waals surface area contributed by atoms with Crippen molar-refractivity contribution >= 4 is 33.3 Å². The lowest BCUT2D eigenvalue weighted by Gasteiger charge is -2.33. The second-order valence-electron chi connectivity index (χ2n) is 6.31. The second kappa shape index (κ2) is 5.32. The lowest BCUT2D eigenvalue weighted by atomic mass is 9.74. The second-order valence-corrected chi connectivity index (χ2v) is 7.23. The van der Waals surface area contributed by atoms with Gasteiger partial charge in [0.1, 0.15) is 0 Å². The van der Waals surface area contributed by atoms with E-state index >= 15 is 0 Å². The number of carboxylic acid groups (broad SMARTS) is 1. The molecule has 6 heteroatoms. The average molecular weight is 331 g/mol. The summed E-state index contributed by atoms with van der Waals surface area (Å²) in [5.74, 6) is -1.00. The molecule has 2 atom stereocenters. The van der Waals surface area contributed by atoms with E-state index in [1.54, 1.807) is 16.2 Å². The van der Waals surface area contributed by atoms with Crippen molar-refractivity contribution in [1.29, 1.82) is 0 Å². The van der Waals surface area contributed by atoms with Crippen LogP contribution in [0.5, 0.6) is 0 Å². The number of hydrogen-bond acceptors (Lipinski definition) is 4. The van der Waals surface area contributed by atoms with Crippen LogP contribution in [-0.2, 0) is 9.53 Å². The Hall–Kier alpha value is -1.92. The molecular weight excluding hydrogens is 314 g/mol. The van der Waals surface area contributed by atoms with Crippen molar-refractivity contribution in [2.75, 3.05) is 26.3 Å². The van der Waals surface area contributed by atoms with E-state index in [4.69, 9.17) is 4.74 Å². The maximum atomic E-state index is 12.9. The zero-order chi connectivity index (χ0) is 16.0. The molecule has 120 valence electrons. The van der Waals surface area contributed by atoms with E-state index in [-0.39, 0.29) is 18.4 Å². The monoisotopic (exact) mass is 331 g/mol. The molecular formula is C17H17NO4S. The molecule has 2 saturated heterocycles. The Labute approximate surface area is 137 Å². The molecule has 23 heavy (non-hydrogen) atoms. The van der Waals surface area contributed by atoms with Crippen LogP contribution in [0.1, 0.15) is 16.8 Å². The first-order valence-corrected chi connectivity index (χ1v) is 8.56. The Morgan fingerprint density at radius 1 is 1.35 bits per heavy atom. The quantitative estimate of drug-likeness (QED) is 0.918. The first-order chi connectivity index (χ1) is 11.1. The topological polar surface area (TPSA) is 66.8 Å². The zero-order valence-electron chi connectivity index (χ0n) is 12.5. The number of carboxylic acids is 1. The van der Waals surface area contributed by atoms with Crippen LogP contribution in [0.4, 0.5) is 0 Å². The van der Waals surface area contributed by atoms with Crippen molar-refractivity contribution in [3.05, 3.63) is 35.2 Å². The molecule has 2 fully saturated rings. The summed E-state index contributed by atoms with van der Waals surface area (Å²) in [6.07, 6.45) is 0.473. The van der Waals surface area contributed by atoms with E-state index < -0.39 is 11.4 Å². The standard InChI is InChI=1S/C17H17NO4S/c19-15(13-9-23-14-4-2-1-3-12(13)14)18-7-11-8-22-6-5-17(11,10-18)16(20)21/h1-4,9,11H,5-8,10H2,(H,20,21)/t11-,17+/m1/s1. The number of rotatable bonds is 2. The van der Waals surface area contributed by atoms with Crippen LogP contribution in [-0.4, -0.2) is 48.2 Å². The molecule has 2 aliphatic heterocycles. The minimum Gasteiger partial charge on any atom is -0.481 e. The normalized spacial score (nSPS) is 27.1. The van der Waals surface area contributed by atoms with Crippen LogP contribution in [0.25, 0.3) is 10.1 Å². The Kier molecular flexibility index (Phi) is 3.39. The van der Waals surface area contributed by atoms with Crippen molar-refractivity contribution in [2.45, 2.75) is 6.42 Å². The number of likely N-dealkylation sites (tertiary alicyclic amines) is 1. The molecule has 4 rings (SSSR count). The van der Waals surface area contributed by atoms with Crippen LogP contribution >= 0.6 is 11.3 Å². The third-order valence-corrected chi connectivity index (χ3v) is 6.09. The highest BCUT2D eigenvalue weighted by atomic mass is 32.1. The Morgan fingerprint density at radius 2 is 2.17 bits per heavy atom. The molecule has 0 saturated carbocycles.